The van der Waals surface area contributed by atoms with E-state index in [9.17, 15) is 13.2 Å². The van der Waals surface area contributed by atoms with E-state index in [1.54, 1.807) is 6.92 Å². The average Bonchev–Trinajstić information content (AvgIpc) is 2.45. The Morgan fingerprint density at radius 2 is 1.95 bits per heavy atom. The standard InChI is InChI=1S/C13H18F3N3O2/c1-2-17-11-5-9(13(14,15)16)6-12(19-11)18-7-10-8-20-3-4-21-10/h5-6,10H,2-4,7-8H2,1H3,(H2,17,18,19). The molecule has 2 rings (SSSR count). The maximum atomic E-state index is 12.9. The summed E-state index contributed by atoms with van der Waals surface area (Å²) >= 11 is 0. The van der Waals surface area contributed by atoms with Crippen LogP contribution in [0.3, 0.4) is 0 Å². The highest BCUT2D eigenvalue weighted by Crippen LogP contribution is 2.32. The van der Waals surface area contributed by atoms with Crippen molar-refractivity contribution < 1.29 is 22.6 Å². The first-order valence-electron chi connectivity index (χ1n) is 6.75. The van der Waals surface area contributed by atoms with E-state index in [4.69, 9.17) is 9.47 Å². The number of hydrogen-bond acceptors (Lipinski definition) is 5. The average molecular weight is 305 g/mol. The van der Waals surface area contributed by atoms with Crippen LogP contribution in [0.2, 0.25) is 0 Å². The van der Waals surface area contributed by atoms with Crippen LogP contribution in [0.5, 0.6) is 0 Å². The van der Waals surface area contributed by atoms with Crippen molar-refractivity contribution in [2.45, 2.75) is 19.2 Å². The second-order valence-corrected chi connectivity index (χ2v) is 4.60. The van der Waals surface area contributed by atoms with Gasteiger partial charge in [0.25, 0.3) is 0 Å². The molecular formula is C13H18F3N3O2. The first-order chi connectivity index (χ1) is 9.99. The van der Waals surface area contributed by atoms with Gasteiger partial charge in [-0.05, 0) is 19.1 Å². The maximum absolute atomic E-state index is 12.9. The van der Waals surface area contributed by atoms with Gasteiger partial charge in [-0.25, -0.2) is 4.98 Å². The van der Waals surface area contributed by atoms with Gasteiger partial charge in [-0.3, -0.25) is 0 Å². The molecule has 118 valence electrons. The number of nitrogens with zero attached hydrogens (tertiary/aromatic N) is 1. The van der Waals surface area contributed by atoms with Crippen molar-refractivity contribution in [3.05, 3.63) is 17.7 Å². The van der Waals surface area contributed by atoms with Crippen LogP contribution in [-0.2, 0) is 15.7 Å². The van der Waals surface area contributed by atoms with Gasteiger partial charge in [0.2, 0.25) is 0 Å². The molecule has 0 aromatic carbocycles. The summed E-state index contributed by atoms with van der Waals surface area (Å²) in [5.74, 6) is 0.352. The number of hydrogen-bond donors (Lipinski definition) is 2. The minimum atomic E-state index is -4.41. The largest absolute Gasteiger partial charge is 0.416 e. The minimum Gasteiger partial charge on any atom is -0.376 e. The Morgan fingerprint density at radius 3 is 2.52 bits per heavy atom. The summed E-state index contributed by atoms with van der Waals surface area (Å²) in [4.78, 5) is 4.10. The van der Waals surface area contributed by atoms with Crippen LogP contribution in [0.1, 0.15) is 12.5 Å². The number of pyridine rings is 1. The normalized spacial score (nSPS) is 19.3. The lowest BCUT2D eigenvalue weighted by atomic mass is 10.2. The van der Waals surface area contributed by atoms with E-state index < -0.39 is 11.7 Å². The van der Waals surface area contributed by atoms with Gasteiger partial charge in [0.15, 0.2) is 0 Å². The monoisotopic (exact) mass is 305 g/mol. The molecule has 1 aromatic rings. The van der Waals surface area contributed by atoms with Crippen molar-refractivity contribution in [1.29, 1.82) is 0 Å². The molecule has 0 saturated carbocycles. The molecule has 1 aliphatic rings. The predicted octanol–water partition coefficient (Wildman–Crippen LogP) is 2.36. The Hall–Kier alpha value is -1.54. The third-order valence-corrected chi connectivity index (χ3v) is 2.91. The molecule has 5 nitrogen and oxygen atoms in total. The maximum Gasteiger partial charge on any atom is 0.416 e. The zero-order valence-corrected chi connectivity index (χ0v) is 11.7. The molecule has 21 heavy (non-hydrogen) atoms. The van der Waals surface area contributed by atoms with Gasteiger partial charge in [0.05, 0.1) is 31.5 Å². The van der Waals surface area contributed by atoms with Gasteiger partial charge >= 0.3 is 6.18 Å². The summed E-state index contributed by atoms with van der Waals surface area (Å²) in [6.07, 6.45) is -4.59. The molecule has 8 heteroatoms. The summed E-state index contributed by atoms with van der Waals surface area (Å²) in [7, 11) is 0. The molecule has 1 aromatic heterocycles. The number of nitrogens with one attached hydrogen (secondary N) is 2. The molecule has 1 atom stereocenters. The van der Waals surface area contributed by atoms with Crippen molar-refractivity contribution in [1.82, 2.24) is 4.98 Å². The summed E-state index contributed by atoms with van der Waals surface area (Å²) in [6, 6.07) is 1.99. The second kappa shape index (κ2) is 6.95. The third-order valence-electron chi connectivity index (χ3n) is 2.91. The van der Waals surface area contributed by atoms with E-state index in [2.05, 4.69) is 15.6 Å². The smallest absolute Gasteiger partial charge is 0.376 e. The first kappa shape index (κ1) is 15.8. The number of aromatic nitrogens is 1. The quantitative estimate of drug-likeness (QED) is 0.874. The number of alkyl halides is 3. The molecule has 1 saturated heterocycles. The number of ether oxygens (including phenoxy) is 2. The van der Waals surface area contributed by atoms with Crippen LogP contribution in [0.4, 0.5) is 24.8 Å². The Bertz CT molecular complexity index is 462. The zero-order valence-electron chi connectivity index (χ0n) is 11.7. The van der Waals surface area contributed by atoms with Gasteiger partial charge < -0.3 is 20.1 Å². The lowest BCUT2D eigenvalue weighted by Gasteiger charge is -2.23. The van der Waals surface area contributed by atoms with Gasteiger partial charge in [0.1, 0.15) is 11.6 Å². The molecule has 2 heterocycles. The van der Waals surface area contributed by atoms with Crippen LogP contribution in [0.15, 0.2) is 12.1 Å². The van der Waals surface area contributed by atoms with Crippen LogP contribution in [-0.4, -0.2) is 44.0 Å². The Kier molecular flexibility index (Phi) is 5.24. The third kappa shape index (κ3) is 4.75. The van der Waals surface area contributed by atoms with Crippen molar-refractivity contribution in [2.24, 2.45) is 0 Å². The summed E-state index contributed by atoms with van der Waals surface area (Å²) in [5, 5.41) is 5.66. The highest BCUT2D eigenvalue weighted by Gasteiger charge is 2.31. The number of rotatable bonds is 5. The lowest BCUT2D eigenvalue weighted by molar-refractivity contribution is -0.137. The minimum absolute atomic E-state index is 0.162. The number of halogens is 3. The van der Waals surface area contributed by atoms with E-state index in [1.807, 2.05) is 0 Å². The zero-order chi connectivity index (χ0) is 15.3. The van der Waals surface area contributed by atoms with Gasteiger partial charge in [-0.15, -0.1) is 0 Å². The molecule has 2 N–H and O–H groups in total. The molecule has 0 radical (unpaired) electrons. The van der Waals surface area contributed by atoms with E-state index >= 15 is 0 Å². The van der Waals surface area contributed by atoms with Crippen molar-refractivity contribution >= 4 is 11.6 Å². The van der Waals surface area contributed by atoms with Gasteiger partial charge in [-0.2, -0.15) is 13.2 Å². The molecular weight excluding hydrogens is 287 g/mol. The van der Waals surface area contributed by atoms with Crippen molar-refractivity contribution in [2.75, 3.05) is 43.5 Å². The Balaban J connectivity index is 2.07. The van der Waals surface area contributed by atoms with E-state index in [-0.39, 0.29) is 17.7 Å². The van der Waals surface area contributed by atoms with Crippen LogP contribution in [0, 0.1) is 0 Å². The van der Waals surface area contributed by atoms with Gasteiger partial charge in [0, 0.05) is 13.1 Å². The van der Waals surface area contributed by atoms with Crippen molar-refractivity contribution in [3.8, 4) is 0 Å². The second-order valence-electron chi connectivity index (χ2n) is 4.60. The SMILES string of the molecule is CCNc1cc(C(F)(F)F)cc(NCC2COCCO2)n1. The van der Waals surface area contributed by atoms with Crippen LogP contribution in [0.25, 0.3) is 0 Å². The van der Waals surface area contributed by atoms with E-state index in [0.717, 1.165) is 12.1 Å². The van der Waals surface area contributed by atoms with Crippen molar-refractivity contribution in [3.63, 3.8) is 0 Å². The fourth-order valence-corrected chi connectivity index (χ4v) is 1.93. The summed E-state index contributed by atoms with van der Waals surface area (Å²) in [5.41, 5.74) is -0.739. The first-order valence-corrected chi connectivity index (χ1v) is 6.75. The summed E-state index contributed by atoms with van der Waals surface area (Å²) in [6.45, 7) is 4.09. The number of anilines is 2. The molecule has 0 aliphatic carbocycles. The van der Waals surface area contributed by atoms with Gasteiger partial charge in [-0.1, -0.05) is 0 Å². The van der Waals surface area contributed by atoms with Crippen LogP contribution < -0.4 is 10.6 Å². The van der Waals surface area contributed by atoms with E-state index in [0.29, 0.717) is 32.9 Å². The Morgan fingerprint density at radius 1 is 1.24 bits per heavy atom. The van der Waals surface area contributed by atoms with E-state index in [1.165, 1.54) is 0 Å². The predicted molar refractivity (Wildman–Crippen MR) is 72.5 cm³/mol. The molecule has 0 bridgehead atoms. The molecule has 1 fully saturated rings. The molecule has 1 aliphatic heterocycles. The van der Waals surface area contributed by atoms with Crippen LogP contribution >= 0.6 is 0 Å². The highest BCUT2D eigenvalue weighted by molar-refractivity contribution is 5.49. The lowest BCUT2D eigenvalue weighted by Crippen LogP contribution is -2.34. The topological polar surface area (TPSA) is 55.4 Å². The molecule has 0 spiro atoms. The highest BCUT2D eigenvalue weighted by atomic mass is 19.4. The summed E-state index contributed by atoms with van der Waals surface area (Å²) < 4.78 is 49.2. The fraction of sp³-hybridized carbons (Fsp3) is 0.615. The Labute approximate surface area is 120 Å². The molecule has 0 amide bonds. The fourth-order valence-electron chi connectivity index (χ4n) is 1.93. The molecule has 1 unspecified atom stereocenters.